The summed E-state index contributed by atoms with van der Waals surface area (Å²) in [5.74, 6) is 3.51. The topological polar surface area (TPSA) is 36.4 Å². The minimum atomic E-state index is 0.686. The molecule has 2 N–H and O–H groups in total. The lowest BCUT2D eigenvalue weighted by atomic mass is 10.2. The van der Waals surface area contributed by atoms with E-state index in [4.69, 9.17) is 0 Å². The molecule has 1 aromatic rings. The van der Waals surface area contributed by atoms with Gasteiger partial charge in [0.2, 0.25) is 0 Å². The zero-order valence-corrected chi connectivity index (χ0v) is 10.1. The lowest BCUT2D eigenvalue weighted by molar-refractivity contribution is 0.811. The maximum Gasteiger partial charge on any atom is 0.139 e. The average molecular weight is 233 g/mol. The molecule has 84 valence electrons. The second-order valence-corrected chi connectivity index (χ2v) is 4.72. The van der Waals surface area contributed by atoms with E-state index in [1.54, 1.807) is 0 Å². The van der Waals surface area contributed by atoms with Gasteiger partial charge in [0.05, 0.1) is 5.75 Å². The number of aliphatic imine (C=N–C) groups is 1. The quantitative estimate of drug-likeness (QED) is 0.837. The van der Waals surface area contributed by atoms with Crippen LogP contribution < -0.4 is 10.9 Å². The molecule has 0 amide bonds. The van der Waals surface area contributed by atoms with Gasteiger partial charge in [0, 0.05) is 5.75 Å². The fraction of sp³-hybridized carbons (Fsp3) is 0.250. The Hall–Kier alpha value is -1.42. The molecule has 2 rings (SSSR count). The molecule has 1 aliphatic heterocycles. The molecule has 4 heteroatoms. The van der Waals surface area contributed by atoms with Gasteiger partial charge in [-0.25, -0.2) is 4.99 Å². The maximum absolute atomic E-state index is 4.21. The van der Waals surface area contributed by atoms with Gasteiger partial charge >= 0.3 is 0 Å². The molecule has 0 aromatic heterocycles. The van der Waals surface area contributed by atoms with Gasteiger partial charge in [-0.05, 0) is 12.5 Å². The third-order valence-electron chi connectivity index (χ3n) is 2.25. The van der Waals surface area contributed by atoms with Crippen LogP contribution >= 0.6 is 11.8 Å². The zero-order chi connectivity index (χ0) is 11.4. The summed E-state index contributed by atoms with van der Waals surface area (Å²) in [5, 5.41) is 0. The minimum Gasteiger partial charge on any atom is -0.286 e. The molecule has 16 heavy (non-hydrogen) atoms. The highest BCUT2D eigenvalue weighted by Crippen LogP contribution is 2.13. The molecule has 0 atom stereocenters. The number of rotatable bonds is 4. The highest BCUT2D eigenvalue weighted by atomic mass is 32.2. The third-order valence-corrected chi connectivity index (χ3v) is 3.26. The van der Waals surface area contributed by atoms with Crippen molar-refractivity contribution in [3.8, 4) is 0 Å². The van der Waals surface area contributed by atoms with Crippen LogP contribution in [0.2, 0.25) is 0 Å². The van der Waals surface area contributed by atoms with Crippen LogP contribution in [0, 0.1) is 6.92 Å². The van der Waals surface area contributed by atoms with Crippen LogP contribution in [-0.2, 0) is 5.75 Å². The Morgan fingerprint density at radius 1 is 1.19 bits per heavy atom. The van der Waals surface area contributed by atoms with Gasteiger partial charge < -0.3 is 0 Å². The van der Waals surface area contributed by atoms with Gasteiger partial charge in [-0.3, -0.25) is 10.9 Å². The largest absolute Gasteiger partial charge is 0.286 e. The van der Waals surface area contributed by atoms with Crippen LogP contribution in [0.4, 0.5) is 0 Å². The van der Waals surface area contributed by atoms with E-state index in [2.05, 4.69) is 53.6 Å². The van der Waals surface area contributed by atoms with Gasteiger partial charge in [0.15, 0.2) is 0 Å². The molecular formula is C12H15N3S. The molecule has 3 nitrogen and oxygen atoms in total. The number of hydrogen-bond acceptors (Lipinski definition) is 4. The maximum atomic E-state index is 4.21. The predicted molar refractivity (Wildman–Crippen MR) is 70.2 cm³/mol. The Labute approximate surface area is 100 Å². The number of nitrogens with one attached hydrogen (secondary N) is 2. The first-order valence-electron chi connectivity index (χ1n) is 5.16. The molecule has 0 fully saturated rings. The molecule has 0 bridgehead atoms. The molecule has 1 heterocycles. The minimum absolute atomic E-state index is 0.686. The number of nitrogens with zero attached hydrogens (tertiary/aromatic N) is 1. The summed E-state index contributed by atoms with van der Waals surface area (Å²) in [6.07, 6.45) is 0. The number of aryl methyl sites for hydroxylation is 1. The van der Waals surface area contributed by atoms with E-state index in [0.717, 1.165) is 17.3 Å². The van der Waals surface area contributed by atoms with E-state index in [-0.39, 0.29) is 0 Å². The molecule has 1 aromatic carbocycles. The normalized spacial score (nSPS) is 14.3. The van der Waals surface area contributed by atoms with E-state index < -0.39 is 0 Å². The first-order chi connectivity index (χ1) is 7.74. The first-order valence-corrected chi connectivity index (χ1v) is 6.31. The Kier molecular flexibility index (Phi) is 3.51. The van der Waals surface area contributed by atoms with E-state index in [1.165, 1.54) is 11.1 Å². The smallest absolute Gasteiger partial charge is 0.139 e. The predicted octanol–water partition coefficient (Wildman–Crippen LogP) is 2.21. The summed E-state index contributed by atoms with van der Waals surface area (Å²) in [4.78, 5) is 4.21. The van der Waals surface area contributed by atoms with E-state index in [1.807, 2.05) is 11.8 Å². The van der Waals surface area contributed by atoms with Crippen molar-refractivity contribution in [3.05, 3.63) is 47.8 Å². The summed E-state index contributed by atoms with van der Waals surface area (Å²) >= 11 is 1.84. The van der Waals surface area contributed by atoms with E-state index in [9.17, 15) is 0 Å². The van der Waals surface area contributed by atoms with Crippen molar-refractivity contribution < 1.29 is 0 Å². The Balaban J connectivity index is 1.78. The molecule has 0 aliphatic carbocycles. The van der Waals surface area contributed by atoms with Crippen LogP contribution in [0.5, 0.6) is 0 Å². The zero-order valence-electron chi connectivity index (χ0n) is 9.29. The van der Waals surface area contributed by atoms with Crippen LogP contribution in [-0.4, -0.2) is 11.6 Å². The molecule has 0 saturated heterocycles. The fourth-order valence-electron chi connectivity index (χ4n) is 1.38. The van der Waals surface area contributed by atoms with Gasteiger partial charge in [0.25, 0.3) is 0 Å². The molecule has 1 aliphatic rings. The summed E-state index contributed by atoms with van der Waals surface area (Å²) in [7, 11) is 0. The standard InChI is InChI=1S/C12H15N3S/c1-9-3-5-11(6-4-9)7-16-8-12-13-10(2)14-15-12/h3-6,14H,2,7-8H2,1H3,(H,13,15). The number of amidine groups is 1. The molecular weight excluding hydrogens is 218 g/mol. The van der Waals surface area contributed by atoms with Crippen LogP contribution in [0.1, 0.15) is 11.1 Å². The van der Waals surface area contributed by atoms with Gasteiger partial charge in [0.1, 0.15) is 11.7 Å². The monoisotopic (exact) mass is 233 g/mol. The van der Waals surface area contributed by atoms with Gasteiger partial charge in [-0.1, -0.05) is 36.4 Å². The number of thioether (sulfide) groups is 1. The summed E-state index contributed by atoms with van der Waals surface area (Å²) in [6, 6.07) is 8.63. The van der Waals surface area contributed by atoms with Crippen LogP contribution in [0.3, 0.4) is 0 Å². The van der Waals surface area contributed by atoms with Crippen molar-refractivity contribution in [2.45, 2.75) is 12.7 Å². The molecule has 0 saturated carbocycles. The van der Waals surface area contributed by atoms with Crippen molar-refractivity contribution >= 4 is 17.6 Å². The Morgan fingerprint density at radius 3 is 2.56 bits per heavy atom. The third kappa shape index (κ3) is 3.03. The SMILES string of the molecule is C=C1N=C(CSCc2ccc(C)cc2)NN1. The van der Waals surface area contributed by atoms with Crippen molar-refractivity contribution in [1.82, 2.24) is 10.9 Å². The highest BCUT2D eigenvalue weighted by Gasteiger charge is 2.06. The van der Waals surface area contributed by atoms with Crippen molar-refractivity contribution in [3.63, 3.8) is 0 Å². The summed E-state index contributed by atoms with van der Waals surface area (Å²) < 4.78 is 0. The van der Waals surface area contributed by atoms with Gasteiger partial charge in [-0.2, -0.15) is 0 Å². The van der Waals surface area contributed by atoms with Crippen molar-refractivity contribution in [1.29, 1.82) is 0 Å². The summed E-state index contributed by atoms with van der Waals surface area (Å²) in [5.41, 5.74) is 8.50. The number of benzene rings is 1. The van der Waals surface area contributed by atoms with Crippen molar-refractivity contribution in [2.24, 2.45) is 4.99 Å². The van der Waals surface area contributed by atoms with E-state index in [0.29, 0.717) is 5.82 Å². The second-order valence-electron chi connectivity index (χ2n) is 3.73. The Morgan fingerprint density at radius 2 is 1.94 bits per heavy atom. The molecule has 0 unspecified atom stereocenters. The van der Waals surface area contributed by atoms with Gasteiger partial charge in [-0.15, -0.1) is 11.8 Å². The second kappa shape index (κ2) is 5.07. The van der Waals surface area contributed by atoms with Crippen LogP contribution in [0.15, 0.2) is 41.7 Å². The lowest BCUT2D eigenvalue weighted by Crippen LogP contribution is -2.30. The average Bonchev–Trinajstić information content (AvgIpc) is 2.67. The first kappa shape index (κ1) is 11.1. The lowest BCUT2D eigenvalue weighted by Gasteiger charge is -2.03. The molecule has 0 radical (unpaired) electrons. The fourth-order valence-corrected chi connectivity index (χ4v) is 2.24. The summed E-state index contributed by atoms with van der Waals surface area (Å²) in [6.45, 7) is 5.81. The van der Waals surface area contributed by atoms with Crippen molar-refractivity contribution in [2.75, 3.05) is 5.75 Å². The van der Waals surface area contributed by atoms with E-state index >= 15 is 0 Å². The highest BCUT2D eigenvalue weighted by molar-refractivity contribution is 7.99. The number of hydrazine groups is 1. The Bertz CT molecular complexity index is 409. The number of hydrogen-bond donors (Lipinski definition) is 2. The molecule has 0 spiro atoms. The van der Waals surface area contributed by atoms with Crippen LogP contribution in [0.25, 0.3) is 0 Å².